The minimum atomic E-state index is -0.439. The second-order valence-corrected chi connectivity index (χ2v) is 5.64. The highest BCUT2D eigenvalue weighted by Crippen LogP contribution is 2.26. The maximum atomic E-state index is 11.0. The number of nitro benzene ring substituents is 1. The van der Waals surface area contributed by atoms with Gasteiger partial charge in [-0.3, -0.25) is 14.8 Å². The number of aliphatic hydroxyl groups excluding tert-OH is 1. The monoisotopic (exact) mass is 343 g/mol. The molecule has 0 amide bonds. The maximum absolute atomic E-state index is 11.0. The van der Waals surface area contributed by atoms with E-state index in [4.69, 9.17) is 11.6 Å². The number of hydrogen-bond donors (Lipinski definition) is 1. The smallest absolute Gasteiger partial charge is 0.270 e. The van der Waals surface area contributed by atoms with Crippen molar-refractivity contribution in [3.63, 3.8) is 0 Å². The second kappa shape index (κ2) is 6.82. The van der Waals surface area contributed by atoms with Crippen molar-refractivity contribution in [2.24, 2.45) is 0 Å². The maximum Gasteiger partial charge on any atom is 0.270 e. The first kappa shape index (κ1) is 16.2. The molecule has 0 aliphatic heterocycles. The van der Waals surface area contributed by atoms with Crippen molar-refractivity contribution in [2.75, 3.05) is 0 Å². The quantitative estimate of drug-likeness (QED) is 0.566. The lowest BCUT2D eigenvalue weighted by atomic mass is 10.1. The third-order valence-corrected chi connectivity index (χ3v) is 3.99. The molecule has 0 aliphatic rings. The van der Waals surface area contributed by atoms with Crippen molar-refractivity contribution in [3.05, 3.63) is 81.0 Å². The van der Waals surface area contributed by atoms with Crippen molar-refractivity contribution in [1.82, 2.24) is 9.78 Å². The van der Waals surface area contributed by atoms with Gasteiger partial charge in [0.15, 0.2) is 0 Å². The molecule has 0 atom stereocenters. The summed E-state index contributed by atoms with van der Waals surface area (Å²) in [5.74, 6) is 0. The SMILES string of the molecule is O=[N+]([O-])c1cccc(-c2cc(CO)nn2Cc2ccccc2Cl)c1. The van der Waals surface area contributed by atoms with Gasteiger partial charge in [0.25, 0.3) is 5.69 Å². The Balaban J connectivity index is 2.05. The molecule has 0 unspecified atom stereocenters. The molecule has 3 rings (SSSR count). The number of aliphatic hydroxyl groups is 1. The first-order chi connectivity index (χ1) is 11.6. The molecule has 122 valence electrons. The topological polar surface area (TPSA) is 81.2 Å². The van der Waals surface area contributed by atoms with Crippen LogP contribution in [0.1, 0.15) is 11.3 Å². The minimum Gasteiger partial charge on any atom is -0.390 e. The number of halogens is 1. The molecule has 1 aromatic heterocycles. The molecule has 1 heterocycles. The van der Waals surface area contributed by atoms with Crippen molar-refractivity contribution in [2.45, 2.75) is 13.2 Å². The molecular weight excluding hydrogens is 330 g/mol. The molecular formula is C17H14ClN3O3. The van der Waals surface area contributed by atoms with Gasteiger partial charge in [0.2, 0.25) is 0 Å². The van der Waals surface area contributed by atoms with E-state index in [-0.39, 0.29) is 12.3 Å². The molecule has 0 spiro atoms. The Morgan fingerprint density at radius 3 is 2.67 bits per heavy atom. The molecule has 0 aliphatic carbocycles. The molecule has 0 fully saturated rings. The van der Waals surface area contributed by atoms with Crippen LogP contribution in [0.15, 0.2) is 54.6 Å². The van der Waals surface area contributed by atoms with Crippen molar-refractivity contribution < 1.29 is 10.0 Å². The molecule has 0 saturated carbocycles. The van der Waals surface area contributed by atoms with E-state index in [1.165, 1.54) is 12.1 Å². The number of aromatic nitrogens is 2. The predicted molar refractivity (Wildman–Crippen MR) is 90.8 cm³/mol. The normalized spacial score (nSPS) is 10.8. The zero-order valence-corrected chi connectivity index (χ0v) is 13.3. The van der Waals surface area contributed by atoms with E-state index >= 15 is 0 Å². The largest absolute Gasteiger partial charge is 0.390 e. The van der Waals surface area contributed by atoms with Gasteiger partial charge < -0.3 is 5.11 Å². The van der Waals surface area contributed by atoms with Crippen LogP contribution in [-0.4, -0.2) is 19.8 Å². The average Bonchev–Trinajstić information content (AvgIpc) is 3.00. The second-order valence-electron chi connectivity index (χ2n) is 5.24. The van der Waals surface area contributed by atoms with Gasteiger partial charge in [0, 0.05) is 22.7 Å². The predicted octanol–water partition coefficient (Wildman–Crippen LogP) is 3.65. The Morgan fingerprint density at radius 1 is 1.17 bits per heavy atom. The van der Waals surface area contributed by atoms with Crippen LogP contribution in [0.3, 0.4) is 0 Å². The van der Waals surface area contributed by atoms with E-state index in [1.54, 1.807) is 28.9 Å². The highest BCUT2D eigenvalue weighted by Gasteiger charge is 2.14. The van der Waals surface area contributed by atoms with Gasteiger partial charge in [-0.05, 0) is 17.7 Å². The average molecular weight is 344 g/mol. The highest BCUT2D eigenvalue weighted by molar-refractivity contribution is 6.31. The summed E-state index contributed by atoms with van der Waals surface area (Å²) in [6.07, 6.45) is 0. The molecule has 0 bridgehead atoms. The van der Waals surface area contributed by atoms with Crippen LogP contribution < -0.4 is 0 Å². The summed E-state index contributed by atoms with van der Waals surface area (Å²) in [4.78, 5) is 10.6. The Bertz CT molecular complexity index is 892. The van der Waals surface area contributed by atoms with E-state index in [1.807, 2.05) is 18.2 Å². The van der Waals surface area contributed by atoms with Gasteiger partial charge >= 0.3 is 0 Å². The van der Waals surface area contributed by atoms with Crippen LogP contribution in [0.5, 0.6) is 0 Å². The van der Waals surface area contributed by atoms with E-state index in [9.17, 15) is 15.2 Å². The molecule has 6 nitrogen and oxygen atoms in total. The molecule has 24 heavy (non-hydrogen) atoms. The summed E-state index contributed by atoms with van der Waals surface area (Å²) < 4.78 is 1.69. The number of benzene rings is 2. The zero-order chi connectivity index (χ0) is 17.1. The van der Waals surface area contributed by atoms with Crippen LogP contribution in [-0.2, 0) is 13.2 Å². The van der Waals surface area contributed by atoms with Crippen LogP contribution >= 0.6 is 11.6 Å². The molecule has 7 heteroatoms. The first-order valence-electron chi connectivity index (χ1n) is 7.24. The van der Waals surface area contributed by atoms with Gasteiger partial charge in [-0.2, -0.15) is 5.10 Å². The molecule has 0 radical (unpaired) electrons. The Labute approximate surface area is 143 Å². The zero-order valence-electron chi connectivity index (χ0n) is 12.6. The molecule has 2 aromatic carbocycles. The van der Waals surface area contributed by atoms with Crippen molar-refractivity contribution in [1.29, 1.82) is 0 Å². The summed E-state index contributed by atoms with van der Waals surface area (Å²) in [6.45, 7) is 0.190. The number of hydrogen-bond acceptors (Lipinski definition) is 4. The van der Waals surface area contributed by atoms with E-state index < -0.39 is 4.92 Å². The lowest BCUT2D eigenvalue weighted by molar-refractivity contribution is -0.384. The summed E-state index contributed by atoms with van der Waals surface area (Å²) in [6, 6.07) is 15.4. The van der Waals surface area contributed by atoms with E-state index in [0.717, 1.165) is 5.56 Å². The third-order valence-electron chi connectivity index (χ3n) is 3.62. The van der Waals surface area contributed by atoms with Gasteiger partial charge in [0.1, 0.15) is 0 Å². The summed E-state index contributed by atoms with van der Waals surface area (Å²) in [5.41, 5.74) is 2.71. The number of nitrogens with zero attached hydrogens (tertiary/aromatic N) is 3. The van der Waals surface area contributed by atoms with Crippen LogP contribution in [0.2, 0.25) is 5.02 Å². The van der Waals surface area contributed by atoms with Crippen LogP contribution in [0, 0.1) is 10.1 Å². The molecule has 3 aromatic rings. The fourth-order valence-electron chi connectivity index (χ4n) is 2.47. The van der Waals surface area contributed by atoms with Crippen molar-refractivity contribution in [3.8, 4) is 11.3 Å². The lowest BCUT2D eigenvalue weighted by Gasteiger charge is -2.09. The van der Waals surface area contributed by atoms with Gasteiger partial charge in [0.05, 0.1) is 29.5 Å². The summed E-state index contributed by atoms with van der Waals surface area (Å²) in [5, 5.41) is 25.3. The molecule has 0 saturated heterocycles. The fraction of sp³-hybridized carbons (Fsp3) is 0.118. The van der Waals surface area contributed by atoms with Crippen molar-refractivity contribution >= 4 is 17.3 Å². The summed E-state index contributed by atoms with van der Waals surface area (Å²) >= 11 is 6.20. The third kappa shape index (κ3) is 3.29. The Hall–Kier alpha value is -2.70. The Morgan fingerprint density at radius 2 is 1.96 bits per heavy atom. The van der Waals surface area contributed by atoms with E-state index in [2.05, 4.69) is 5.10 Å². The minimum absolute atomic E-state index is 0.00328. The fourth-order valence-corrected chi connectivity index (χ4v) is 2.66. The van der Waals surface area contributed by atoms with E-state index in [0.29, 0.717) is 28.5 Å². The molecule has 1 N–H and O–H groups in total. The number of rotatable bonds is 5. The van der Waals surface area contributed by atoms with Gasteiger partial charge in [-0.15, -0.1) is 0 Å². The first-order valence-corrected chi connectivity index (χ1v) is 7.62. The lowest BCUT2D eigenvalue weighted by Crippen LogP contribution is -2.05. The van der Waals surface area contributed by atoms with Gasteiger partial charge in [-0.25, -0.2) is 0 Å². The van der Waals surface area contributed by atoms with Gasteiger partial charge in [-0.1, -0.05) is 41.9 Å². The highest BCUT2D eigenvalue weighted by atomic mass is 35.5. The van der Waals surface area contributed by atoms with Crippen LogP contribution in [0.25, 0.3) is 11.3 Å². The standard InChI is InChI=1S/C17H14ClN3O3/c18-16-7-2-1-4-13(16)10-20-17(9-14(11-22)19-20)12-5-3-6-15(8-12)21(23)24/h1-9,22H,10-11H2. The summed E-state index contributed by atoms with van der Waals surface area (Å²) in [7, 11) is 0. The number of nitro groups is 1. The Kier molecular flexibility index (Phi) is 4.59. The number of non-ortho nitro benzene ring substituents is 1. The van der Waals surface area contributed by atoms with Crippen LogP contribution in [0.4, 0.5) is 5.69 Å².